The van der Waals surface area contributed by atoms with E-state index < -0.39 is 0 Å². The van der Waals surface area contributed by atoms with Crippen LogP contribution < -0.4 is 5.32 Å². The number of nitrogens with zero attached hydrogens (tertiary/aromatic N) is 4. The van der Waals surface area contributed by atoms with E-state index in [0.29, 0.717) is 22.3 Å². The van der Waals surface area contributed by atoms with Crippen molar-refractivity contribution in [1.29, 1.82) is 5.26 Å². The number of amides is 1. The van der Waals surface area contributed by atoms with Crippen molar-refractivity contribution in [2.45, 2.75) is 32.5 Å². The Kier molecular flexibility index (Phi) is 5.94. The Morgan fingerprint density at radius 1 is 1.30 bits per heavy atom. The predicted molar refractivity (Wildman–Crippen MR) is 109 cm³/mol. The summed E-state index contributed by atoms with van der Waals surface area (Å²) in [5.41, 5.74) is 2.45. The van der Waals surface area contributed by atoms with Crippen molar-refractivity contribution >= 4 is 34.0 Å². The van der Waals surface area contributed by atoms with Crippen molar-refractivity contribution in [3.8, 4) is 17.5 Å². The number of aryl methyl sites for hydroxylation is 1. The lowest BCUT2D eigenvalue weighted by Crippen LogP contribution is -2.14. The van der Waals surface area contributed by atoms with Gasteiger partial charge in [-0.2, -0.15) is 5.26 Å². The zero-order chi connectivity index (χ0) is 19.4. The summed E-state index contributed by atoms with van der Waals surface area (Å²) in [5, 5.41) is 22.0. The van der Waals surface area contributed by atoms with Gasteiger partial charge in [0.15, 0.2) is 11.0 Å². The lowest BCUT2D eigenvalue weighted by atomic mass is 10.2. The smallest absolute Gasteiger partial charge is 0.235 e. The van der Waals surface area contributed by atoms with Gasteiger partial charge in [0.2, 0.25) is 5.91 Å². The van der Waals surface area contributed by atoms with Gasteiger partial charge in [0.05, 0.1) is 11.3 Å². The SMILES string of the molecule is CCn1c(SCC(=O)Nc2sc(C)c(C)c2C#N)nnc1-c1ccccc1. The molecule has 0 saturated heterocycles. The number of hydrogen-bond acceptors (Lipinski definition) is 6. The van der Waals surface area contributed by atoms with Gasteiger partial charge in [0.1, 0.15) is 11.1 Å². The number of nitriles is 1. The second-order valence-corrected chi connectivity index (χ2v) is 8.02. The summed E-state index contributed by atoms with van der Waals surface area (Å²) < 4.78 is 1.99. The van der Waals surface area contributed by atoms with Crippen LogP contribution in [0.5, 0.6) is 0 Å². The van der Waals surface area contributed by atoms with Crippen LogP contribution in [0.15, 0.2) is 35.5 Å². The second-order valence-electron chi connectivity index (χ2n) is 5.85. The van der Waals surface area contributed by atoms with Crippen molar-refractivity contribution < 1.29 is 4.79 Å². The maximum Gasteiger partial charge on any atom is 0.235 e. The molecule has 0 unspecified atom stereocenters. The van der Waals surface area contributed by atoms with Crippen LogP contribution >= 0.6 is 23.1 Å². The Bertz CT molecular complexity index is 1000. The van der Waals surface area contributed by atoms with E-state index in [2.05, 4.69) is 21.6 Å². The van der Waals surface area contributed by atoms with Gasteiger partial charge in [0, 0.05) is 17.0 Å². The molecule has 1 amide bonds. The number of carbonyl (C=O) groups is 1. The number of thioether (sulfide) groups is 1. The third-order valence-corrected chi connectivity index (χ3v) is 6.24. The van der Waals surface area contributed by atoms with Crippen LogP contribution in [0.1, 0.15) is 22.9 Å². The van der Waals surface area contributed by atoms with Crippen LogP contribution in [0, 0.1) is 25.2 Å². The van der Waals surface area contributed by atoms with Gasteiger partial charge >= 0.3 is 0 Å². The molecule has 0 aliphatic rings. The molecule has 0 aliphatic carbocycles. The van der Waals surface area contributed by atoms with Crippen LogP contribution in [-0.2, 0) is 11.3 Å². The highest BCUT2D eigenvalue weighted by molar-refractivity contribution is 7.99. The monoisotopic (exact) mass is 397 g/mol. The standard InChI is InChI=1S/C19H19N5OS2/c1-4-24-17(14-8-6-5-7-9-14)22-23-19(24)26-11-16(25)21-18-15(10-20)12(2)13(3)27-18/h5-9H,4,11H2,1-3H3,(H,21,25). The molecule has 0 fully saturated rings. The number of nitrogens with one attached hydrogen (secondary N) is 1. The van der Waals surface area contributed by atoms with E-state index in [1.54, 1.807) is 0 Å². The quantitative estimate of drug-likeness (QED) is 0.629. The molecule has 2 aromatic heterocycles. The molecule has 138 valence electrons. The fourth-order valence-corrected chi connectivity index (χ4v) is 4.45. The van der Waals surface area contributed by atoms with E-state index in [1.807, 2.05) is 55.7 Å². The lowest BCUT2D eigenvalue weighted by Gasteiger charge is -2.07. The van der Waals surface area contributed by atoms with Gasteiger partial charge in [-0.25, -0.2) is 0 Å². The molecule has 1 aromatic carbocycles. The van der Waals surface area contributed by atoms with Crippen LogP contribution in [0.2, 0.25) is 0 Å². The fraction of sp³-hybridized carbons (Fsp3) is 0.263. The Balaban J connectivity index is 1.70. The van der Waals surface area contributed by atoms with Crippen LogP contribution in [0.25, 0.3) is 11.4 Å². The highest BCUT2D eigenvalue weighted by atomic mass is 32.2. The predicted octanol–water partition coefficient (Wildman–Crippen LogP) is 4.25. The fourth-order valence-electron chi connectivity index (χ4n) is 2.62. The summed E-state index contributed by atoms with van der Waals surface area (Å²) in [6.07, 6.45) is 0. The molecule has 2 heterocycles. The lowest BCUT2D eigenvalue weighted by molar-refractivity contribution is -0.113. The van der Waals surface area contributed by atoms with Crippen molar-refractivity contribution in [1.82, 2.24) is 14.8 Å². The maximum absolute atomic E-state index is 12.4. The molecule has 0 radical (unpaired) electrons. The Labute approximate surface area is 166 Å². The molecule has 6 nitrogen and oxygen atoms in total. The molecule has 8 heteroatoms. The third kappa shape index (κ3) is 4.04. The van der Waals surface area contributed by atoms with Gasteiger partial charge in [0.25, 0.3) is 0 Å². The van der Waals surface area contributed by atoms with E-state index in [-0.39, 0.29) is 11.7 Å². The first-order chi connectivity index (χ1) is 13.0. The highest BCUT2D eigenvalue weighted by Crippen LogP contribution is 2.32. The van der Waals surface area contributed by atoms with E-state index in [4.69, 9.17) is 0 Å². The van der Waals surface area contributed by atoms with Gasteiger partial charge in [-0.15, -0.1) is 21.5 Å². The molecule has 27 heavy (non-hydrogen) atoms. The minimum Gasteiger partial charge on any atom is -0.316 e. The molecule has 0 aliphatic heterocycles. The molecule has 0 bridgehead atoms. The van der Waals surface area contributed by atoms with Crippen molar-refractivity contribution in [3.05, 3.63) is 46.3 Å². The number of carbonyl (C=O) groups excluding carboxylic acids is 1. The molecule has 1 N–H and O–H groups in total. The van der Waals surface area contributed by atoms with E-state index in [9.17, 15) is 10.1 Å². The van der Waals surface area contributed by atoms with Gasteiger partial charge in [-0.3, -0.25) is 4.79 Å². The van der Waals surface area contributed by atoms with Crippen molar-refractivity contribution in [2.24, 2.45) is 0 Å². The molecule has 0 saturated carbocycles. The zero-order valence-electron chi connectivity index (χ0n) is 15.3. The first kappa shape index (κ1) is 19.1. The second kappa shape index (κ2) is 8.37. The average molecular weight is 398 g/mol. The third-order valence-electron chi connectivity index (χ3n) is 4.15. The van der Waals surface area contributed by atoms with Gasteiger partial charge in [-0.05, 0) is 26.3 Å². The van der Waals surface area contributed by atoms with E-state index >= 15 is 0 Å². The highest BCUT2D eigenvalue weighted by Gasteiger charge is 2.17. The van der Waals surface area contributed by atoms with Crippen LogP contribution in [0.3, 0.4) is 0 Å². The number of thiophene rings is 1. The van der Waals surface area contributed by atoms with Crippen molar-refractivity contribution in [2.75, 3.05) is 11.1 Å². The van der Waals surface area contributed by atoms with E-state index in [0.717, 1.165) is 21.8 Å². The van der Waals surface area contributed by atoms with Gasteiger partial charge in [-0.1, -0.05) is 42.1 Å². The van der Waals surface area contributed by atoms with Crippen molar-refractivity contribution in [3.63, 3.8) is 0 Å². The largest absolute Gasteiger partial charge is 0.316 e. The summed E-state index contributed by atoms with van der Waals surface area (Å²) >= 11 is 2.77. The molecular formula is C19H19N5OS2. The summed E-state index contributed by atoms with van der Waals surface area (Å²) in [4.78, 5) is 13.4. The molecule has 0 spiro atoms. The summed E-state index contributed by atoms with van der Waals surface area (Å²) in [5.74, 6) is 0.829. The molecular weight excluding hydrogens is 378 g/mol. The van der Waals surface area contributed by atoms with E-state index in [1.165, 1.54) is 23.1 Å². The minimum absolute atomic E-state index is 0.162. The van der Waals surface area contributed by atoms with Crippen LogP contribution in [-0.4, -0.2) is 26.4 Å². The maximum atomic E-state index is 12.4. The minimum atomic E-state index is -0.162. The Morgan fingerprint density at radius 3 is 2.70 bits per heavy atom. The Hall–Kier alpha value is -2.63. The number of rotatable bonds is 6. The molecule has 3 rings (SSSR count). The topological polar surface area (TPSA) is 83.6 Å². The average Bonchev–Trinajstić information content (AvgIpc) is 3.21. The number of benzene rings is 1. The number of aromatic nitrogens is 3. The number of anilines is 1. The molecule has 0 atom stereocenters. The summed E-state index contributed by atoms with van der Waals surface area (Å²) in [6.45, 7) is 6.57. The Morgan fingerprint density at radius 2 is 2.04 bits per heavy atom. The molecule has 3 aromatic rings. The summed E-state index contributed by atoms with van der Waals surface area (Å²) in [6, 6.07) is 12.0. The normalized spacial score (nSPS) is 10.6. The first-order valence-corrected chi connectivity index (χ1v) is 10.3. The van der Waals surface area contributed by atoms with Gasteiger partial charge < -0.3 is 9.88 Å². The van der Waals surface area contributed by atoms with Crippen LogP contribution in [0.4, 0.5) is 5.00 Å². The summed E-state index contributed by atoms with van der Waals surface area (Å²) in [7, 11) is 0. The zero-order valence-corrected chi connectivity index (χ0v) is 16.9. The first-order valence-electron chi connectivity index (χ1n) is 8.46. The number of hydrogen-bond donors (Lipinski definition) is 1.